The van der Waals surface area contributed by atoms with Gasteiger partial charge in [-0.3, -0.25) is 9.69 Å². The maximum atomic E-state index is 12.7. The van der Waals surface area contributed by atoms with Crippen LogP contribution >= 0.6 is 11.3 Å². The third-order valence-electron chi connectivity index (χ3n) is 5.27. The van der Waals surface area contributed by atoms with Gasteiger partial charge in [0, 0.05) is 17.0 Å². The zero-order valence-corrected chi connectivity index (χ0v) is 17.2. The fraction of sp³-hybridized carbons (Fsp3) is 0.292. The van der Waals surface area contributed by atoms with E-state index in [1.54, 1.807) is 11.3 Å². The van der Waals surface area contributed by atoms with E-state index in [1.165, 1.54) is 17.7 Å². The van der Waals surface area contributed by atoms with Crippen LogP contribution in [0.1, 0.15) is 39.7 Å². The zero-order chi connectivity index (χ0) is 19.9. The molecule has 3 aromatic rings. The summed E-state index contributed by atoms with van der Waals surface area (Å²) in [4.78, 5) is 16.5. The molecule has 2 aromatic carbocycles. The molecule has 1 aromatic heterocycles. The first-order valence-corrected chi connectivity index (χ1v) is 11.0. The Labute approximate surface area is 176 Å². The van der Waals surface area contributed by atoms with E-state index in [1.807, 2.05) is 54.6 Å². The number of carbonyl (C=O) groups excluding carboxylic acids is 1. The van der Waals surface area contributed by atoms with Gasteiger partial charge in [-0.2, -0.15) is 0 Å². The van der Waals surface area contributed by atoms with Crippen molar-refractivity contribution >= 4 is 17.2 Å². The Hall–Kier alpha value is -2.63. The van der Waals surface area contributed by atoms with Crippen molar-refractivity contribution in [2.24, 2.45) is 0 Å². The third-order valence-corrected chi connectivity index (χ3v) is 6.25. The number of carbonyl (C=O) groups is 1. The molecule has 0 aliphatic carbocycles. The Morgan fingerprint density at radius 3 is 2.45 bits per heavy atom. The molecule has 150 valence electrons. The van der Waals surface area contributed by atoms with Crippen molar-refractivity contribution in [3.8, 4) is 5.75 Å². The molecule has 1 aliphatic rings. The van der Waals surface area contributed by atoms with Crippen LogP contribution in [0.25, 0.3) is 0 Å². The van der Waals surface area contributed by atoms with Crippen molar-refractivity contribution in [1.29, 1.82) is 0 Å². The number of nitrogens with zero attached hydrogens (tertiary/aromatic N) is 1. The predicted molar refractivity (Wildman–Crippen MR) is 117 cm³/mol. The fourth-order valence-electron chi connectivity index (χ4n) is 3.67. The number of amides is 1. The fourth-order valence-corrected chi connectivity index (χ4v) is 4.53. The first kappa shape index (κ1) is 19.7. The Morgan fingerprint density at radius 1 is 1.00 bits per heavy atom. The van der Waals surface area contributed by atoms with E-state index in [-0.39, 0.29) is 11.9 Å². The monoisotopic (exact) mass is 406 g/mol. The highest BCUT2D eigenvalue weighted by Gasteiger charge is 2.24. The molecule has 29 heavy (non-hydrogen) atoms. The molecule has 5 heteroatoms. The molecule has 1 fully saturated rings. The molecule has 2 heterocycles. The number of ether oxygens (including phenoxy) is 1. The number of rotatable bonds is 8. The second kappa shape index (κ2) is 9.72. The lowest BCUT2D eigenvalue weighted by Gasteiger charge is -2.27. The molecular formula is C24H26N2O2S. The number of thiophene rings is 1. The molecule has 1 aliphatic heterocycles. The first-order valence-electron chi connectivity index (χ1n) is 10.1. The van der Waals surface area contributed by atoms with Crippen molar-refractivity contribution in [3.63, 3.8) is 0 Å². The van der Waals surface area contributed by atoms with Gasteiger partial charge in [-0.25, -0.2) is 0 Å². The second-order valence-corrected chi connectivity index (χ2v) is 8.26. The minimum atomic E-state index is -0.0266. The van der Waals surface area contributed by atoms with Crippen molar-refractivity contribution in [2.45, 2.75) is 25.5 Å². The van der Waals surface area contributed by atoms with E-state index < -0.39 is 0 Å². The highest BCUT2D eigenvalue weighted by Crippen LogP contribution is 2.27. The number of benzene rings is 2. The summed E-state index contributed by atoms with van der Waals surface area (Å²) in [5.41, 5.74) is 1.72. The molecule has 0 bridgehead atoms. The standard InChI is InChI=1S/C24H26N2O2S/c27-24(25-17-22(23-9-6-16-29-23)26-14-4-5-15-26)20-12-10-19(11-13-20)18-28-21-7-2-1-3-8-21/h1-3,6-13,16,22H,4-5,14-15,17-18H2,(H,25,27). The third kappa shape index (κ3) is 5.25. The summed E-state index contributed by atoms with van der Waals surface area (Å²) in [6.07, 6.45) is 2.48. The summed E-state index contributed by atoms with van der Waals surface area (Å²) in [6, 6.07) is 21.9. The molecule has 1 N–H and O–H groups in total. The van der Waals surface area contributed by atoms with Gasteiger partial charge in [0.2, 0.25) is 0 Å². The van der Waals surface area contributed by atoms with Gasteiger partial charge in [0.05, 0.1) is 6.04 Å². The highest BCUT2D eigenvalue weighted by molar-refractivity contribution is 7.10. The van der Waals surface area contributed by atoms with Crippen LogP contribution in [-0.4, -0.2) is 30.4 Å². The summed E-state index contributed by atoms with van der Waals surface area (Å²) < 4.78 is 5.76. The SMILES string of the molecule is O=C(NCC(c1cccs1)N1CCCC1)c1ccc(COc2ccccc2)cc1. The van der Waals surface area contributed by atoms with Crippen molar-refractivity contribution in [3.05, 3.63) is 88.1 Å². The van der Waals surface area contributed by atoms with Gasteiger partial charge in [0.15, 0.2) is 0 Å². The van der Waals surface area contributed by atoms with Gasteiger partial charge >= 0.3 is 0 Å². The largest absolute Gasteiger partial charge is 0.489 e. The predicted octanol–water partition coefficient (Wildman–Crippen LogP) is 4.89. The lowest BCUT2D eigenvalue weighted by molar-refractivity contribution is 0.0938. The van der Waals surface area contributed by atoms with Crippen LogP contribution in [0.5, 0.6) is 5.75 Å². The van der Waals surface area contributed by atoms with Crippen LogP contribution in [0, 0.1) is 0 Å². The summed E-state index contributed by atoms with van der Waals surface area (Å²) in [5.74, 6) is 0.817. The Bertz CT molecular complexity index is 888. The van der Waals surface area contributed by atoms with Gasteiger partial charge in [0.1, 0.15) is 12.4 Å². The number of hydrogen-bond donors (Lipinski definition) is 1. The lowest BCUT2D eigenvalue weighted by atomic mass is 10.1. The van der Waals surface area contributed by atoms with Crippen molar-refractivity contribution in [2.75, 3.05) is 19.6 Å². The number of hydrogen-bond acceptors (Lipinski definition) is 4. The molecule has 0 saturated carbocycles. The minimum absolute atomic E-state index is 0.0266. The number of nitrogens with one attached hydrogen (secondary N) is 1. The molecule has 0 radical (unpaired) electrons. The summed E-state index contributed by atoms with van der Waals surface area (Å²) in [6.45, 7) is 3.34. The Morgan fingerprint density at radius 2 is 1.76 bits per heavy atom. The summed E-state index contributed by atoms with van der Waals surface area (Å²) in [7, 11) is 0. The lowest BCUT2D eigenvalue weighted by Crippen LogP contribution is -2.36. The van der Waals surface area contributed by atoms with E-state index in [0.29, 0.717) is 18.7 Å². The maximum Gasteiger partial charge on any atom is 0.251 e. The maximum absolute atomic E-state index is 12.7. The van der Waals surface area contributed by atoms with Crippen LogP contribution in [-0.2, 0) is 6.61 Å². The molecule has 4 rings (SSSR count). The van der Waals surface area contributed by atoms with Gasteiger partial charge < -0.3 is 10.1 Å². The summed E-state index contributed by atoms with van der Waals surface area (Å²) >= 11 is 1.76. The zero-order valence-electron chi connectivity index (χ0n) is 16.4. The average molecular weight is 407 g/mol. The molecular weight excluding hydrogens is 380 g/mol. The average Bonchev–Trinajstić information content (AvgIpc) is 3.48. The summed E-state index contributed by atoms with van der Waals surface area (Å²) in [5, 5.41) is 5.24. The normalized spacial score (nSPS) is 15.2. The number of likely N-dealkylation sites (tertiary alicyclic amines) is 1. The number of para-hydroxylation sites is 1. The van der Waals surface area contributed by atoms with Crippen LogP contribution in [0.3, 0.4) is 0 Å². The van der Waals surface area contributed by atoms with Gasteiger partial charge in [-0.05, 0) is 67.2 Å². The van der Waals surface area contributed by atoms with Crippen LogP contribution in [0.4, 0.5) is 0 Å². The van der Waals surface area contributed by atoms with E-state index in [9.17, 15) is 4.79 Å². The highest BCUT2D eigenvalue weighted by atomic mass is 32.1. The van der Waals surface area contributed by atoms with Crippen LogP contribution in [0.15, 0.2) is 72.1 Å². The first-order chi connectivity index (χ1) is 14.3. The van der Waals surface area contributed by atoms with E-state index in [0.717, 1.165) is 24.4 Å². The van der Waals surface area contributed by atoms with Gasteiger partial charge in [0.25, 0.3) is 5.91 Å². The van der Waals surface area contributed by atoms with Crippen LogP contribution in [0.2, 0.25) is 0 Å². The molecule has 1 amide bonds. The topological polar surface area (TPSA) is 41.6 Å². The molecule has 1 saturated heterocycles. The Balaban J connectivity index is 1.33. The van der Waals surface area contributed by atoms with Gasteiger partial charge in [-0.1, -0.05) is 36.4 Å². The molecule has 1 unspecified atom stereocenters. The Kier molecular flexibility index (Phi) is 6.60. The van der Waals surface area contributed by atoms with E-state index >= 15 is 0 Å². The quantitative estimate of drug-likeness (QED) is 0.579. The van der Waals surface area contributed by atoms with Crippen molar-refractivity contribution in [1.82, 2.24) is 10.2 Å². The van der Waals surface area contributed by atoms with Crippen LogP contribution < -0.4 is 10.1 Å². The smallest absolute Gasteiger partial charge is 0.251 e. The van der Waals surface area contributed by atoms with Crippen molar-refractivity contribution < 1.29 is 9.53 Å². The van der Waals surface area contributed by atoms with Gasteiger partial charge in [-0.15, -0.1) is 11.3 Å². The molecule has 4 nitrogen and oxygen atoms in total. The minimum Gasteiger partial charge on any atom is -0.489 e. The second-order valence-electron chi connectivity index (χ2n) is 7.28. The van der Waals surface area contributed by atoms with E-state index in [2.05, 4.69) is 27.7 Å². The molecule has 0 spiro atoms. The van der Waals surface area contributed by atoms with E-state index in [4.69, 9.17) is 4.74 Å². The molecule has 1 atom stereocenters.